The fourth-order valence-corrected chi connectivity index (χ4v) is 4.91. The average Bonchev–Trinajstić information content (AvgIpc) is 3.47. The number of amides is 1. The minimum Gasteiger partial charge on any atom is -0.335 e. The zero-order chi connectivity index (χ0) is 23.9. The van der Waals surface area contributed by atoms with Gasteiger partial charge < -0.3 is 4.90 Å². The molecule has 1 aliphatic rings. The predicted molar refractivity (Wildman–Crippen MR) is 124 cm³/mol. The SMILES string of the molecule is O=C(c1nn2c(C(F)(F)F)cc(-c3cccs3)nc2c1Cl)N1CCN(Cc2ccccc2)CC1. The molecular weight excluding hydrogens is 487 g/mol. The Morgan fingerprint density at radius 3 is 2.44 bits per heavy atom. The van der Waals surface area contributed by atoms with E-state index in [1.54, 1.807) is 22.4 Å². The van der Waals surface area contributed by atoms with Gasteiger partial charge >= 0.3 is 6.18 Å². The molecule has 1 aliphatic heterocycles. The lowest BCUT2D eigenvalue weighted by molar-refractivity contribution is -0.142. The highest BCUT2D eigenvalue weighted by molar-refractivity contribution is 7.13. The zero-order valence-corrected chi connectivity index (χ0v) is 19.4. The van der Waals surface area contributed by atoms with Crippen LogP contribution in [-0.2, 0) is 12.7 Å². The Morgan fingerprint density at radius 2 is 1.79 bits per heavy atom. The van der Waals surface area contributed by atoms with E-state index in [0.717, 1.165) is 12.6 Å². The molecule has 0 atom stereocenters. The quantitative estimate of drug-likeness (QED) is 0.388. The van der Waals surface area contributed by atoms with Gasteiger partial charge in [0.25, 0.3) is 5.91 Å². The molecule has 5 rings (SSSR count). The van der Waals surface area contributed by atoms with Gasteiger partial charge in [0, 0.05) is 32.7 Å². The molecule has 1 fully saturated rings. The highest BCUT2D eigenvalue weighted by Crippen LogP contribution is 2.35. The summed E-state index contributed by atoms with van der Waals surface area (Å²) in [6, 6.07) is 14.3. The van der Waals surface area contributed by atoms with Crippen LogP contribution in [0.15, 0.2) is 53.9 Å². The summed E-state index contributed by atoms with van der Waals surface area (Å²) in [7, 11) is 0. The van der Waals surface area contributed by atoms with Crippen molar-refractivity contribution in [2.75, 3.05) is 26.2 Å². The molecule has 0 radical (unpaired) electrons. The molecule has 1 amide bonds. The van der Waals surface area contributed by atoms with Crippen molar-refractivity contribution in [2.45, 2.75) is 12.7 Å². The van der Waals surface area contributed by atoms with E-state index in [1.165, 1.54) is 16.9 Å². The highest BCUT2D eigenvalue weighted by atomic mass is 35.5. The molecule has 34 heavy (non-hydrogen) atoms. The molecule has 3 aromatic heterocycles. The second kappa shape index (κ2) is 9.01. The Balaban J connectivity index is 1.41. The van der Waals surface area contributed by atoms with Gasteiger partial charge in [-0.2, -0.15) is 18.3 Å². The Morgan fingerprint density at radius 1 is 1.06 bits per heavy atom. The van der Waals surface area contributed by atoms with Crippen LogP contribution in [0.4, 0.5) is 13.2 Å². The summed E-state index contributed by atoms with van der Waals surface area (Å²) >= 11 is 7.66. The number of carbonyl (C=O) groups excluding carboxylic acids is 1. The Labute approximate surface area is 202 Å². The molecule has 0 N–H and O–H groups in total. The van der Waals surface area contributed by atoms with Crippen LogP contribution >= 0.6 is 22.9 Å². The van der Waals surface area contributed by atoms with Gasteiger partial charge in [-0.3, -0.25) is 9.69 Å². The molecule has 0 saturated carbocycles. The lowest BCUT2D eigenvalue weighted by Gasteiger charge is -2.34. The molecular formula is C23H19ClF3N5OS. The Hall–Kier alpha value is -2.95. The van der Waals surface area contributed by atoms with Crippen LogP contribution in [0.3, 0.4) is 0 Å². The maximum absolute atomic E-state index is 13.8. The second-order valence-corrected chi connectivity index (χ2v) is 9.28. The summed E-state index contributed by atoms with van der Waals surface area (Å²) in [4.78, 5) is 21.8. The van der Waals surface area contributed by atoms with E-state index >= 15 is 0 Å². The molecule has 0 spiro atoms. The van der Waals surface area contributed by atoms with E-state index in [4.69, 9.17) is 11.6 Å². The maximum Gasteiger partial charge on any atom is 0.433 e. The summed E-state index contributed by atoms with van der Waals surface area (Å²) < 4.78 is 42.1. The molecule has 1 aromatic carbocycles. The normalized spacial score (nSPS) is 15.2. The third-order valence-electron chi connectivity index (χ3n) is 5.71. The largest absolute Gasteiger partial charge is 0.433 e. The van der Waals surface area contributed by atoms with Crippen LogP contribution in [0.2, 0.25) is 5.02 Å². The minimum absolute atomic E-state index is 0.130. The number of fused-ring (bicyclic) bond motifs is 1. The number of thiophene rings is 1. The number of rotatable bonds is 4. The van der Waals surface area contributed by atoms with E-state index in [2.05, 4.69) is 15.0 Å². The molecule has 6 nitrogen and oxygen atoms in total. The molecule has 4 heterocycles. The summed E-state index contributed by atoms with van der Waals surface area (Å²) in [6.45, 7) is 2.90. The number of halogens is 4. The summed E-state index contributed by atoms with van der Waals surface area (Å²) in [6.07, 6.45) is -4.70. The zero-order valence-electron chi connectivity index (χ0n) is 17.8. The van der Waals surface area contributed by atoms with Gasteiger partial charge in [-0.15, -0.1) is 11.3 Å². The minimum atomic E-state index is -4.70. The topological polar surface area (TPSA) is 53.7 Å². The van der Waals surface area contributed by atoms with Crippen molar-refractivity contribution in [2.24, 2.45) is 0 Å². The van der Waals surface area contributed by atoms with E-state index < -0.39 is 17.8 Å². The third-order valence-corrected chi connectivity index (χ3v) is 6.95. The number of nitrogens with zero attached hydrogens (tertiary/aromatic N) is 5. The van der Waals surface area contributed by atoms with Crippen LogP contribution in [0, 0.1) is 0 Å². The standard InChI is InChI=1S/C23H19ClF3N5OS/c24-19-20(22(33)31-10-8-30(9-11-31)14-15-5-2-1-3-6-15)29-32-18(23(25,26)27)13-16(28-21(19)32)17-7-4-12-34-17/h1-7,12-13H,8-11,14H2. The third kappa shape index (κ3) is 4.40. The summed E-state index contributed by atoms with van der Waals surface area (Å²) in [5.41, 5.74) is -0.136. The van der Waals surface area contributed by atoms with Crippen LogP contribution in [0.1, 0.15) is 21.7 Å². The van der Waals surface area contributed by atoms with Crippen LogP contribution in [0.5, 0.6) is 0 Å². The second-order valence-electron chi connectivity index (χ2n) is 7.95. The van der Waals surface area contributed by atoms with E-state index in [9.17, 15) is 18.0 Å². The van der Waals surface area contributed by atoms with Crippen molar-refractivity contribution in [3.05, 3.63) is 75.9 Å². The summed E-state index contributed by atoms with van der Waals surface area (Å²) in [5.74, 6) is -0.499. The number of benzene rings is 1. The van der Waals surface area contributed by atoms with E-state index in [0.29, 0.717) is 35.6 Å². The van der Waals surface area contributed by atoms with Gasteiger partial charge in [0.15, 0.2) is 17.0 Å². The van der Waals surface area contributed by atoms with Crippen molar-refractivity contribution >= 4 is 34.5 Å². The molecule has 4 aromatic rings. The van der Waals surface area contributed by atoms with Crippen molar-refractivity contribution in [3.63, 3.8) is 0 Å². The van der Waals surface area contributed by atoms with Crippen molar-refractivity contribution in [1.82, 2.24) is 24.4 Å². The number of aromatic nitrogens is 3. The average molecular weight is 506 g/mol. The fraction of sp³-hybridized carbons (Fsp3) is 0.261. The first kappa shape index (κ1) is 22.8. The van der Waals surface area contributed by atoms with Crippen molar-refractivity contribution in [3.8, 4) is 10.6 Å². The predicted octanol–water partition coefficient (Wildman–Crippen LogP) is 5.09. The molecule has 0 bridgehead atoms. The van der Waals surface area contributed by atoms with Crippen LogP contribution < -0.4 is 0 Å². The fourth-order valence-electron chi connectivity index (χ4n) is 3.98. The molecule has 11 heteroatoms. The summed E-state index contributed by atoms with van der Waals surface area (Å²) in [5, 5.41) is 5.53. The molecule has 1 saturated heterocycles. The number of carbonyl (C=O) groups is 1. The number of hydrogen-bond acceptors (Lipinski definition) is 5. The van der Waals surface area contributed by atoms with Gasteiger partial charge in [0.05, 0.1) is 10.6 Å². The van der Waals surface area contributed by atoms with Gasteiger partial charge in [0.2, 0.25) is 0 Å². The Kier molecular flexibility index (Phi) is 6.05. The smallest absolute Gasteiger partial charge is 0.335 e. The number of piperazine rings is 1. The van der Waals surface area contributed by atoms with E-state index in [1.807, 2.05) is 30.3 Å². The first-order valence-electron chi connectivity index (χ1n) is 10.6. The van der Waals surface area contributed by atoms with E-state index in [-0.39, 0.29) is 22.1 Å². The van der Waals surface area contributed by atoms with Crippen LogP contribution in [-0.4, -0.2) is 56.5 Å². The Bertz CT molecular complexity index is 1320. The molecule has 176 valence electrons. The lowest BCUT2D eigenvalue weighted by atomic mass is 10.2. The van der Waals surface area contributed by atoms with Crippen molar-refractivity contribution < 1.29 is 18.0 Å². The number of alkyl halides is 3. The van der Waals surface area contributed by atoms with Gasteiger partial charge in [0.1, 0.15) is 5.02 Å². The molecule has 0 unspecified atom stereocenters. The highest BCUT2D eigenvalue weighted by Gasteiger charge is 2.37. The van der Waals surface area contributed by atoms with Crippen molar-refractivity contribution in [1.29, 1.82) is 0 Å². The molecule has 0 aliphatic carbocycles. The van der Waals surface area contributed by atoms with Gasteiger partial charge in [-0.25, -0.2) is 9.50 Å². The van der Waals surface area contributed by atoms with Gasteiger partial charge in [-0.05, 0) is 23.1 Å². The van der Waals surface area contributed by atoms with Gasteiger partial charge in [-0.1, -0.05) is 48.0 Å². The maximum atomic E-state index is 13.8. The first-order chi connectivity index (χ1) is 16.3. The van der Waals surface area contributed by atoms with Crippen LogP contribution in [0.25, 0.3) is 16.2 Å². The first-order valence-corrected chi connectivity index (χ1v) is 11.8. The monoisotopic (exact) mass is 505 g/mol. The lowest BCUT2D eigenvalue weighted by Crippen LogP contribution is -2.48. The number of hydrogen-bond donors (Lipinski definition) is 0.